The van der Waals surface area contributed by atoms with Gasteiger partial charge >= 0.3 is 0 Å². The van der Waals surface area contributed by atoms with Crippen molar-refractivity contribution in [3.8, 4) is 0 Å². The summed E-state index contributed by atoms with van der Waals surface area (Å²) in [5.74, 6) is 0. The fourth-order valence-electron chi connectivity index (χ4n) is 1.56. The maximum atomic E-state index is 10.9. The van der Waals surface area contributed by atoms with Gasteiger partial charge in [0.1, 0.15) is 0 Å². The van der Waals surface area contributed by atoms with E-state index in [9.17, 15) is 4.79 Å². The number of benzene rings is 1. The minimum absolute atomic E-state index is 0.184. The molecule has 0 aliphatic rings. The molecule has 0 spiro atoms. The van der Waals surface area contributed by atoms with Crippen molar-refractivity contribution in [1.82, 2.24) is 4.90 Å². The van der Waals surface area contributed by atoms with E-state index in [1.165, 1.54) is 11.1 Å². The third-order valence-electron chi connectivity index (χ3n) is 2.88. The Hall–Kier alpha value is -0.960. The Labute approximate surface area is 109 Å². The zero-order valence-corrected chi connectivity index (χ0v) is 11.9. The van der Waals surface area contributed by atoms with Crippen LogP contribution in [0.5, 0.6) is 0 Å². The van der Waals surface area contributed by atoms with Gasteiger partial charge in [-0.05, 0) is 23.0 Å². The third kappa shape index (κ3) is 4.43. The molecule has 1 amide bonds. The van der Waals surface area contributed by atoms with E-state index >= 15 is 0 Å². The van der Waals surface area contributed by atoms with Crippen molar-refractivity contribution in [2.24, 2.45) is 0 Å². The van der Waals surface area contributed by atoms with Crippen LogP contribution in [0.15, 0.2) is 24.3 Å². The number of hydrogen-bond acceptors (Lipinski definition) is 1. The number of hydrogen-bond donors (Lipinski definition) is 1. The zero-order valence-electron chi connectivity index (χ0n) is 11.0. The molecule has 94 valence electrons. The first-order valence-corrected chi connectivity index (χ1v) is 6.29. The van der Waals surface area contributed by atoms with Crippen molar-refractivity contribution in [1.29, 1.82) is 0 Å². The van der Waals surface area contributed by atoms with E-state index in [1.807, 2.05) is 0 Å². The Morgan fingerprint density at radius 2 is 1.76 bits per heavy atom. The molecule has 0 aliphatic heterocycles. The Kier molecular flexibility index (Phi) is 4.63. The first-order valence-electron chi connectivity index (χ1n) is 5.84. The van der Waals surface area contributed by atoms with Gasteiger partial charge in [0, 0.05) is 13.6 Å². The monoisotopic (exact) mass is 251 g/mol. The summed E-state index contributed by atoms with van der Waals surface area (Å²) in [6.07, 6.45) is 0.868. The number of carbonyl (C=O) groups is 1. The highest BCUT2D eigenvalue weighted by atomic mass is 32.1. The summed E-state index contributed by atoms with van der Waals surface area (Å²) in [4.78, 5) is 12.6. The van der Waals surface area contributed by atoms with E-state index in [4.69, 9.17) is 0 Å². The lowest BCUT2D eigenvalue weighted by molar-refractivity contribution is 0.234. The van der Waals surface area contributed by atoms with E-state index in [2.05, 4.69) is 57.7 Å². The fourth-order valence-corrected chi connectivity index (χ4v) is 1.66. The molecule has 3 heteroatoms. The fraction of sp³-hybridized carbons (Fsp3) is 0.500. The predicted octanol–water partition coefficient (Wildman–Crippen LogP) is 3.51. The second kappa shape index (κ2) is 5.58. The van der Waals surface area contributed by atoms with Gasteiger partial charge in [0.05, 0.1) is 0 Å². The Morgan fingerprint density at radius 3 is 2.18 bits per heavy atom. The molecule has 0 unspecified atom stereocenters. The summed E-state index contributed by atoms with van der Waals surface area (Å²) in [5.41, 5.74) is 2.77. The summed E-state index contributed by atoms with van der Waals surface area (Å²) in [6, 6.07) is 8.60. The average molecular weight is 251 g/mol. The molecule has 0 fully saturated rings. The van der Waals surface area contributed by atoms with Crippen molar-refractivity contribution < 1.29 is 4.79 Å². The van der Waals surface area contributed by atoms with Gasteiger partial charge in [0.25, 0.3) is 5.24 Å². The summed E-state index contributed by atoms with van der Waals surface area (Å²) in [5, 5.41) is -0.184. The van der Waals surface area contributed by atoms with Crippen LogP contribution in [0.4, 0.5) is 4.79 Å². The highest BCUT2D eigenvalue weighted by Gasteiger charge is 2.12. The predicted molar refractivity (Wildman–Crippen MR) is 75.9 cm³/mol. The highest BCUT2D eigenvalue weighted by molar-refractivity contribution is 7.96. The molecule has 0 atom stereocenters. The summed E-state index contributed by atoms with van der Waals surface area (Å²) < 4.78 is 0. The molecule has 0 saturated heterocycles. The number of likely N-dealkylation sites (N-methyl/N-ethyl adjacent to an activating group) is 1. The molecule has 0 heterocycles. The van der Waals surface area contributed by atoms with Crippen LogP contribution in [0.2, 0.25) is 0 Å². The first kappa shape index (κ1) is 14.1. The van der Waals surface area contributed by atoms with Gasteiger partial charge in [-0.15, -0.1) is 0 Å². The van der Waals surface area contributed by atoms with E-state index in [0.717, 1.165) is 6.42 Å². The van der Waals surface area contributed by atoms with Gasteiger partial charge in [0.2, 0.25) is 0 Å². The third-order valence-corrected chi connectivity index (χ3v) is 3.22. The molecule has 0 bridgehead atoms. The maximum absolute atomic E-state index is 10.9. The van der Waals surface area contributed by atoms with Crippen LogP contribution >= 0.6 is 12.6 Å². The minimum Gasteiger partial charge on any atom is -0.337 e. The van der Waals surface area contributed by atoms with Gasteiger partial charge in [-0.1, -0.05) is 57.7 Å². The Morgan fingerprint density at radius 1 is 1.24 bits per heavy atom. The average Bonchev–Trinajstić information content (AvgIpc) is 2.25. The van der Waals surface area contributed by atoms with Gasteiger partial charge in [-0.3, -0.25) is 4.79 Å². The lowest BCUT2D eigenvalue weighted by Gasteiger charge is -2.19. The van der Waals surface area contributed by atoms with Crippen LogP contribution in [0.25, 0.3) is 0 Å². The van der Waals surface area contributed by atoms with Gasteiger partial charge < -0.3 is 4.90 Å². The summed E-state index contributed by atoms with van der Waals surface area (Å²) in [6.45, 7) is 7.32. The number of amides is 1. The molecule has 1 rings (SSSR count). The van der Waals surface area contributed by atoms with E-state index in [-0.39, 0.29) is 10.7 Å². The van der Waals surface area contributed by atoms with Gasteiger partial charge in [0.15, 0.2) is 0 Å². The molecule has 0 radical (unpaired) electrons. The Balaban J connectivity index is 2.60. The summed E-state index contributed by atoms with van der Waals surface area (Å²) >= 11 is 3.78. The molecule has 17 heavy (non-hydrogen) atoms. The van der Waals surface area contributed by atoms with Gasteiger partial charge in [-0.2, -0.15) is 0 Å². The normalized spacial score (nSPS) is 11.4. The molecular formula is C14H21NOS. The van der Waals surface area contributed by atoms with Crippen molar-refractivity contribution in [3.05, 3.63) is 35.4 Å². The Bertz CT molecular complexity index is 378. The van der Waals surface area contributed by atoms with Crippen molar-refractivity contribution >= 4 is 17.9 Å². The van der Waals surface area contributed by atoms with Crippen LogP contribution in [-0.2, 0) is 11.8 Å². The second-order valence-corrected chi connectivity index (χ2v) is 5.78. The van der Waals surface area contributed by atoms with E-state index in [0.29, 0.717) is 6.54 Å². The zero-order chi connectivity index (χ0) is 13.1. The summed E-state index contributed by atoms with van der Waals surface area (Å²) in [7, 11) is 1.76. The molecular weight excluding hydrogens is 230 g/mol. The van der Waals surface area contributed by atoms with Crippen molar-refractivity contribution in [2.45, 2.75) is 32.6 Å². The number of nitrogens with zero attached hydrogens (tertiary/aromatic N) is 1. The van der Waals surface area contributed by atoms with Gasteiger partial charge in [-0.25, -0.2) is 0 Å². The molecule has 0 aliphatic carbocycles. The van der Waals surface area contributed by atoms with Crippen LogP contribution in [0.1, 0.15) is 31.9 Å². The number of carbonyl (C=O) groups excluding carboxylic acids is 1. The quantitative estimate of drug-likeness (QED) is 0.815. The number of rotatable bonds is 3. The lowest BCUT2D eigenvalue weighted by Crippen LogP contribution is -2.23. The molecule has 1 aromatic carbocycles. The van der Waals surface area contributed by atoms with Crippen molar-refractivity contribution in [2.75, 3.05) is 13.6 Å². The van der Waals surface area contributed by atoms with E-state index in [1.54, 1.807) is 11.9 Å². The van der Waals surface area contributed by atoms with Crippen LogP contribution in [0.3, 0.4) is 0 Å². The number of thiol groups is 1. The topological polar surface area (TPSA) is 20.3 Å². The minimum atomic E-state index is -0.184. The van der Waals surface area contributed by atoms with Crippen LogP contribution in [-0.4, -0.2) is 23.7 Å². The standard InChI is InChI=1S/C14H21NOS/c1-14(2,3)12-7-5-11(6-8-12)9-10-15(4)13(16)17/h5-8H,9-10H2,1-4H3,(H,16,17). The molecule has 2 nitrogen and oxygen atoms in total. The SMILES string of the molecule is CN(CCc1ccc(C(C)(C)C)cc1)C(=O)S. The van der Waals surface area contributed by atoms with E-state index < -0.39 is 0 Å². The molecule has 0 aromatic heterocycles. The highest BCUT2D eigenvalue weighted by Crippen LogP contribution is 2.22. The molecule has 0 N–H and O–H groups in total. The van der Waals surface area contributed by atoms with Crippen LogP contribution < -0.4 is 0 Å². The maximum Gasteiger partial charge on any atom is 0.278 e. The second-order valence-electron chi connectivity index (χ2n) is 5.40. The molecule has 0 saturated carbocycles. The molecule has 1 aromatic rings. The van der Waals surface area contributed by atoms with Crippen molar-refractivity contribution in [3.63, 3.8) is 0 Å². The smallest absolute Gasteiger partial charge is 0.278 e. The first-order chi connectivity index (χ1) is 7.80. The largest absolute Gasteiger partial charge is 0.337 e. The lowest BCUT2D eigenvalue weighted by atomic mass is 9.86. The van der Waals surface area contributed by atoms with Crippen LogP contribution in [0, 0.1) is 0 Å².